The first kappa shape index (κ1) is 17.3. The molecule has 0 bridgehead atoms. The number of nitrogens with zero attached hydrogens (tertiary/aromatic N) is 1. The molecule has 3 heterocycles. The minimum Gasteiger partial charge on any atom is -0.466 e. The molecule has 0 aromatic heterocycles. The maximum Gasteiger partial charge on any atom is 0.333 e. The van der Waals surface area contributed by atoms with E-state index >= 15 is 0 Å². The minimum absolute atomic E-state index is 0.0595. The van der Waals surface area contributed by atoms with Gasteiger partial charge in [0.1, 0.15) is 0 Å². The zero-order valence-electron chi connectivity index (χ0n) is 15.5. The van der Waals surface area contributed by atoms with E-state index in [-0.39, 0.29) is 23.8 Å². The number of carbonyl (C=O) groups is 2. The summed E-state index contributed by atoms with van der Waals surface area (Å²) in [7, 11) is 1.40. The maximum absolute atomic E-state index is 13.1. The molecule has 1 amide bonds. The number of esters is 1. The molecule has 1 N–H and O–H groups in total. The number of hydrogen-bond donors (Lipinski definition) is 1. The van der Waals surface area contributed by atoms with Crippen LogP contribution in [0.15, 0.2) is 36.4 Å². The molecule has 3 aliphatic heterocycles. The lowest BCUT2D eigenvalue weighted by molar-refractivity contribution is -0.137. The van der Waals surface area contributed by atoms with Crippen molar-refractivity contribution in [2.45, 2.75) is 37.6 Å². The smallest absolute Gasteiger partial charge is 0.333 e. The molecule has 0 radical (unpaired) electrons. The van der Waals surface area contributed by atoms with Crippen molar-refractivity contribution in [1.29, 1.82) is 0 Å². The number of anilines is 1. The second kappa shape index (κ2) is 6.23. The zero-order valence-corrected chi connectivity index (χ0v) is 15.5. The molecule has 4 unspecified atom stereocenters. The molecule has 0 aliphatic carbocycles. The average Bonchev–Trinajstić information content (AvgIpc) is 3.18. The Labute approximate surface area is 154 Å². The highest BCUT2D eigenvalue weighted by Gasteiger charge is 2.59. The van der Waals surface area contributed by atoms with E-state index in [2.05, 4.69) is 29.8 Å². The third kappa shape index (κ3) is 2.26. The van der Waals surface area contributed by atoms with E-state index in [1.165, 1.54) is 7.11 Å². The molecule has 138 valence electrons. The van der Waals surface area contributed by atoms with Gasteiger partial charge in [-0.05, 0) is 42.9 Å². The predicted octanol–water partition coefficient (Wildman–Crippen LogP) is 2.73. The second-order valence-corrected chi connectivity index (χ2v) is 7.76. The van der Waals surface area contributed by atoms with E-state index in [4.69, 9.17) is 4.74 Å². The summed E-state index contributed by atoms with van der Waals surface area (Å²) in [4.78, 5) is 27.7. The van der Waals surface area contributed by atoms with Gasteiger partial charge in [0.2, 0.25) is 5.91 Å². The number of piperidine rings is 1. The molecule has 1 aromatic carbocycles. The number of benzene rings is 1. The van der Waals surface area contributed by atoms with E-state index in [9.17, 15) is 9.59 Å². The molecule has 3 aliphatic rings. The van der Waals surface area contributed by atoms with Crippen LogP contribution in [0.1, 0.15) is 31.7 Å². The lowest BCUT2D eigenvalue weighted by atomic mass is 9.67. The third-order valence-corrected chi connectivity index (χ3v) is 6.80. The van der Waals surface area contributed by atoms with Gasteiger partial charge in [-0.15, -0.1) is 0 Å². The maximum atomic E-state index is 13.1. The Bertz CT molecular complexity index is 774. The molecule has 1 spiro atoms. The van der Waals surface area contributed by atoms with Gasteiger partial charge in [-0.25, -0.2) is 4.79 Å². The highest BCUT2D eigenvalue weighted by molar-refractivity contribution is 6.07. The molecular formula is C21H26N2O3. The standard InChI is InChI=1S/C21H26N2O3/c1-4-14-12-23-10-9-21(16-7-5-6-8-17(16)22-20(21)25)18(23)11-15(14)13(2)19(24)26-3/h5-8,14-15,18H,2,4,9-12H2,1,3H3,(H,22,25). The Balaban J connectivity index is 1.72. The Kier molecular flexibility index (Phi) is 4.14. The number of methoxy groups -OCH3 is 1. The van der Waals surface area contributed by atoms with Crippen LogP contribution in [0.5, 0.6) is 0 Å². The number of nitrogens with one attached hydrogen (secondary N) is 1. The van der Waals surface area contributed by atoms with Crippen LogP contribution < -0.4 is 5.32 Å². The second-order valence-electron chi connectivity index (χ2n) is 7.76. The highest BCUT2D eigenvalue weighted by Crippen LogP contribution is 2.53. The van der Waals surface area contributed by atoms with E-state index in [1.807, 2.05) is 18.2 Å². The fraction of sp³-hybridized carbons (Fsp3) is 0.524. The van der Waals surface area contributed by atoms with Gasteiger partial charge >= 0.3 is 5.97 Å². The Morgan fingerprint density at radius 2 is 2.19 bits per heavy atom. The van der Waals surface area contributed by atoms with Gasteiger partial charge in [0.25, 0.3) is 0 Å². The first-order chi connectivity index (χ1) is 12.5. The molecule has 4 atom stereocenters. The molecule has 2 fully saturated rings. The van der Waals surface area contributed by atoms with Crippen LogP contribution in [-0.4, -0.2) is 43.0 Å². The van der Waals surface area contributed by atoms with Crippen LogP contribution in [0.25, 0.3) is 0 Å². The molecule has 4 rings (SSSR count). The van der Waals surface area contributed by atoms with Crippen LogP contribution in [0.4, 0.5) is 5.69 Å². The van der Waals surface area contributed by atoms with Gasteiger partial charge in [0.05, 0.1) is 12.5 Å². The average molecular weight is 354 g/mol. The molecule has 1 aromatic rings. The first-order valence-electron chi connectivity index (χ1n) is 9.45. The van der Waals surface area contributed by atoms with E-state index in [0.29, 0.717) is 11.5 Å². The number of hydrogen-bond acceptors (Lipinski definition) is 4. The van der Waals surface area contributed by atoms with Crippen LogP contribution >= 0.6 is 0 Å². The molecule has 5 heteroatoms. The van der Waals surface area contributed by atoms with Crippen LogP contribution in [0, 0.1) is 11.8 Å². The predicted molar refractivity (Wildman–Crippen MR) is 99.8 cm³/mol. The Morgan fingerprint density at radius 3 is 2.92 bits per heavy atom. The van der Waals surface area contributed by atoms with Gasteiger partial charge in [0, 0.05) is 23.8 Å². The number of para-hydroxylation sites is 1. The van der Waals surface area contributed by atoms with Crippen LogP contribution in [0.2, 0.25) is 0 Å². The summed E-state index contributed by atoms with van der Waals surface area (Å²) in [5, 5.41) is 3.09. The molecule has 0 saturated carbocycles. The molecule has 2 saturated heterocycles. The van der Waals surface area contributed by atoms with Crippen molar-refractivity contribution in [1.82, 2.24) is 4.90 Å². The zero-order chi connectivity index (χ0) is 18.5. The molecule has 5 nitrogen and oxygen atoms in total. The van der Waals surface area contributed by atoms with Crippen molar-refractivity contribution >= 4 is 17.6 Å². The van der Waals surface area contributed by atoms with Gasteiger partial charge in [-0.3, -0.25) is 9.69 Å². The minimum atomic E-state index is -0.510. The topological polar surface area (TPSA) is 58.6 Å². The van der Waals surface area contributed by atoms with Crippen molar-refractivity contribution in [2.24, 2.45) is 11.8 Å². The monoisotopic (exact) mass is 354 g/mol. The fourth-order valence-electron chi connectivity index (χ4n) is 5.42. The SMILES string of the molecule is C=C(C(=O)OC)C1CC2N(CCC23C(=O)Nc2ccccc23)CC1CC. The Morgan fingerprint density at radius 1 is 1.42 bits per heavy atom. The summed E-state index contributed by atoms with van der Waals surface area (Å²) >= 11 is 0. The number of fused-ring (bicyclic) bond motifs is 4. The summed E-state index contributed by atoms with van der Waals surface area (Å²) in [6.07, 6.45) is 2.59. The van der Waals surface area contributed by atoms with E-state index < -0.39 is 5.41 Å². The Hall–Kier alpha value is -2.14. The fourth-order valence-corrected chi connectivity index (χ4v) is 5.42. The van der Waals surface area contributed by atoms with Crippen molar-refractivity contribution < 1.29 is 14.3 Å². The quantitative estimate of drug-likeness (QED) is 0.670. The number of amides is 1. The molecule has 26 heavy (non-hydrogen) atoms. The highest BCUT2D eigenvalue weighted by atomic mass is 16.5. The van der Waals surface area contributed by atoms with Crippen molar-refractivity contribution in [3.05, 3.63) is 42.0 Å². The summed E-state index contributed by atoms with van der Waals surface area (Å²) in [5.41, 5.74) is 2.08. The lowest BCUT2D eigenvalue weighted by Gasteiger charge is -2.45. The summed E-state index contributed by atoms with van der Waals surface area (Å²) in [5.74, 6) is 0.200. The van der Waals surface area contributed by atoms with Gasteiger partial charge in [0.15, 0.2) is 0 Å². The van der Waals surface area contributed by atoms with Crippen molar-refractivity contribution in [3.63, 3.8) is 0 Å². The lowest BCUT2D eigenvalue weighted by Crippen LogP contribution is -2.53. The summed E-state index contributed by atoms with van der Waals surface area (Å²) in [6, 6.07) is 8.12. The van der Waals surface area contributed by atoms with Crippen LogP contribution in [-0.2, 0) is 19.7 Å². The van der Waals surface area contributed by atoms with Gasteiger partial charge < -0.3 is 10.1 Å². The largest absolute Gasteiger partial charge is 0.466 e. The molecular weight excluding hydrogens is 328 g/mol. The van der Waals surface area contributed by atoms with E-state index in [0.717, 1.165) is 43.6 Å². The number of ether oxygens (including phenoxy) is 1. The van der Waals surface area contributed by atoms with Crippen LogP contribution in [0.3, 0.4) is 0 Å². The van der Waals surface area contributed by atoms with Gasteiger partial charge in [-0.2, -0.15) is 0 Å². The third-order valence-electron chi connectivity index (χ3n) is 6.80. The van der Waals surface area contributed by atoms with E-state index in [1.54, 1.807) is 0 Å². The summed E-state index contributed by atoms with van der Waals surface area (Å²) < 4.78 is 4.93. The van der Waals surface area contributed by atoms with Crippen molar-refractivity contribution in [2.75, 3.05) is 25.5 Å². The number of rotatable bonds is 3. The number of carbonyl (C=O) groups excluding carboxylic acids is 2. The first-order valence-corrected chi connectivity index (χ1v) is 9.45. The van der Waals surface area contributed by atoms with Crippen molar-refractivity contribution in [3.8, 4) is 0 Å². The van der Waals surface area contributed by atoms with Gasteiger partial charge in [-0.1, -0.05) is 38.1 Å². The summed E-state index contributed by atoms with van der Waals surface area (Å²) in [6.45, 7) is 8.02. The normalized spacial score (nSPS) is 32.8.